The lowest BCUT2D eigenvalue weighted by Crippen LogP contribution is -2.33. The number of hydrogen-bond donors (Lipinski definition) is 0. The first-order chi connectivity index (χ1) is 15.5. The number of halogens is 1. The van der Waals surface area contributed by atoms with E-state index in [0.717, 1.165) is 30.7 Å². The van der Waals surface area contributed by atoms with Gasteiger partial charge >= 0.3 is 0 Å². The van der Waals surface area contributed by atoms with E-state index >= 15 is 0 Å². The van der Waals surface area contributed by atoms with Crippen molar-refractivity contribution in [3.05, 3.63) is 36.0 Å². The summed E-state index contributed by atoms with van der Waals surface area (Å²) in [5, 5.41) is 11.3. The number of carbonyl (C=O) groups is 1. The standard InChI is InChI=1S/C22H27FN6O3/c1-27-11-14(7-20(27)30)12-28-13-15(9-25-28)21-17-3-5-32-6-4-19(17)29(26-21)16-8-18(23)22(31-2)24-10-16/h8-10,13-14,17,19H,3-7,11-12H2,1-2H3. The molecular formula is C22H27FN6O3. The topological polar surface area (TPSA) is 85.1 Å². The highest BCUT2D eigenvalue weighted by atomic mass is 19.1. The fourth-order valence-electron chi connectivity index (χ4n) is 4.94. The van der Waals surface area contributed by atoms with E-state index in [2.05, 4.69) is 10.1 Å². The Kier molecular flexibility index (Phi) is 5.54. The Morgan fingerprint density at radius 3 is 2.88 bits per heavy atom. The van der Waals surface area contributed by atoms with Gasteiger partial charge in [-0.3, -0.25) is 14.5 Å². The summed E-state index contributed by atoms with van der Waals surface area (Å²) in [6.07, 6.45) is 7.60. The first-order valence-electron chi connectivity index (χ1n) is 10.9. The van der Waals surface area contributed by atoms with Gasteiger partial charge in [-0.1, -0.05) is 0 Å². The Hall–Kier alpha value is -3.01. The van der Waals surface area contributed by atoms with Gasteiger partial charge in [0.2, 0.25) is 11.8 Å². The summed E-state index contributed by atoms with van der Waals surface area (Å²) in [5.74, 6) is 0.0446. The SMILES string of the molecule is COc1ncc(N2N=C(c3cnn(CC4CC(=O)N(C)C4)c3)C3CCOCCC32)cc1F. The maximum Gasteiger partial charge on any atom is 0.250 e. The minimum absolute atomic E-state index is 0.0322. The van der Waals surface area contributed by atoms with Crippen LogP contribution >= 0.6 is 0 Å². The molecule has 0 spiro atoms. The van der Waals surface area contributed by atoms with Crippen molar-refractivity contribution >= 4 is 17.3 Å². The molecule has 2 aromatic heterocycles. The number of fused-ring (bicyclic) bond motifs is 1. The maximum absolute atomic E-state index is 14.4. The highest BCUT2D eigenvalue weighted by molar-refractivity contribution is 6.04. The molecule has 9 nitrogen and oxygen atoms in total. The number of hydrogen-bond acceptors (Lipinski definition) is 7. The van der Waals surface area contributed by atoms with Crippen molar-refractivity contribution in [3.8, 4) is 5.88 Å². The highest BCUT2D eigenvalue weighted by Gasteiger charge is 2.40. The van der Waals surface area contributed by atoms with Crippen molar-refractivity contribution in [3.63, 3.8) is 0 Å². The Morgan fingerprint density at radius 1 is 1.28 bits per heavy atom. The highest BCUT2D eigenvalue weighted by Crippen LogP contribution is 2.36. The molecule has 3 unspecified atom stereocenters. The summed E-state index contributed by atoms with van der Waals surface area (Å²) >= 11 is 0. The average Bonchev–Trinajstić information content (AvgIpc) is 3.40. The van der Waals surface area contributed by atoms with Crippen LogP contribution in [0.1, 0.15) is 24.8 Å². The summed E-state index contributed by atoms with van der Waals surface area (Å²) in [7, 11) is 3.23. The van der Waals surface area contributed by atoms with Crippen molar-refractivity contribution < 1.29 is 18.7 Å². The molecule has 0 aliphatic carbocycles. The largest absolute Gasteiger partial charge is 0.479 e. The molecule has 5 rings (SSSR count). The fourth-order valence-corrected chi connectivity index (χ4v) is 4.94. The second kappa shape index (κ2) is 8.50. The fraction of sp³-hybridized carbons (Fsp3) is 0.545. The maximum atomic E-state index is 14.4. The number of carbonyl (C=O) groups excluding carboxylic acids is 1. The lowest BCUT2D eigenvalue weighted by atomic mass is 9.88. The van der Waals surface area contributed by atoms with E-state index in [-0.39, 0.29) is 29.7 Å². The number of amides is 1. The minimum atomic E-state index is -0.515. The van der Waals surface area contributed by atoms with Gasteiger partial charge in [0.05, 0.1) is 36.9 Å². The predicted octanol–water partition coefficient (Wildman–Crippen LogP) is 1.92. The van der Waals surface area contributed by atoms with Crippen LogP contribution < -0.4 is 9.75 Å². The van der Waals surface area contributed by atoms with Gasteiger partial charge in [0, 0.05) is 69.4 Å². The van der Waals surface area contributed by atoms with Crippen LogP contribution in [0.4, 0.5) is 10.1 Å². The number of hydrazone groups is 1. The molecule has 0 N–H and O–H groups in total. The Morgan fingerprint density at radius 2 is 2.12 bits per heavy atom. The molecular weight excluding hydrogens is 415 g/mol. The predicted molar refractivity (Wildman–Crippen MR) is 115 cm³/mol. The normalized spacial score (nSPS) is 25.7. The van der Waals surface area contributed by atoms with E-state index in [4.69, 9.17) is 14.6 Å². The van der Waals surface area contributed by atoms with Crippen molar-refractivity contribution in [2.45, 2.75) is 31.8 Å². The first-order valence-corrected chi connectivity index (χ1v) is 10.9. The second-order valence-corrected chi connectivity index (χ2v) is 8.67. The van der Waals surface area contributed by atoms with Crippen molar-refractivity contribution in [2.75, 3.05) is 38.9 Å². The zero-order valence-corrected chi connectivity index (χ0v) is 18.3. The molecule has 32 heavy (non-hydrogen) atoms. The molecule has 2 fully saturated rings. The summed E-state index contributed by atoms with van der Waals surface area (Å²) in [6, 6.07) is 1.48. The number of ether oxygens (including phenoxy) is 2. The summed E-state index contributed by atoms with van der Waals surface area (Å²) in [5.41, 5.74) is 2.47. The van der Waals surface area contributed by atoms with Crippen LogP contribution in [0.5, 0.6) is 5.88 Å². The molecule has 3 atom stereocenters. The van der Waals surface area contributed by atoms with Crippen LogP contribution in [0.25, 0.3) is 0 Å². The van der Waals surface area contributed by atoms with E-state index in [1.807, 2.05) is 29.1 Å². The molecule has 3 aliphatic heterocycles. The summed E-state index contributed by atoms with van der Waals surface area (Å²) in [4.78, 5) is 17.7. The Balaban J connectivity index is 1.42. The van der Waals surface area contributed by atoms with Crippen molar-refractivity contribution in [1.82, 2.24) is 19.7 Å². The summed E-state index contributed by atoms with van der Waals surface area (Å²) < 4.78 is 26.9. The van der Waals surface area contributed by atoms with E-state index in [9.17, 15) is 9.18 Å². The Labute approximate surface area is 185 Å². The van der Waals surface area contributed by atoms with Gasteiger partial charge in [0.15, 0.2) is 5.82 Å². The van der Waals surface area contributed by atoms with Crippen molar-refractivity contribution in [2.24, 2.45) is 16.9 Å². The number of anilines is 1. The van der Waals surface area contributed by atoms with Gasteiger partial charge in [0.1, 0.15) is 0 Å². The lowest BCUT2D eigenvalue weighted by molar-refractivity contribution is -0.126. The van der Waals surface area contributed by atoms with E-state index in [0.29, 0.717) is 31.9 Å². The molecule has 170 valence electrons. The first kappa shape index (κ1) is 20.9. The van der Waals surface area contributed by atoms with Crippen LogP contribution in [0.15, 0.2) is 29.8 Å². The third kappa shape index (κ3) is 3.83. The van der Waals surface area contributed by atoms with Crippen LogP contribution in [0.3, 0.4) is 0 Å². The molecule has 2 aromatic rings. The second-order valence-electron chi connectivity index (χ2n) is 8.67. The molecule has 0 saturated carbocycles. The molecule has 0 aromatic carbocycles. The third-order valence-electron chi connectivity index (χ3n) is 6.52. The quantitative estimate of drug-likeness (QED) is 0.704. The number of pyridine rings is 1. The molecule has 10 heteroatoms. The monoisotopic (exact) mass is 442 g/mol. The zero-order valence-electron chi connectivity index (χ0n) is 18.3. The number of nitrogens with zero attached hydrogens (tertiary/aromatic N) is 6. The van der Waals surface area contributed by atoms with Crippen LogP contribution in [-0.4, -0.2) is 71.2 Å². The number of likely N-dealkylation sites (tertiary alicyclic amines) is 1. The van der Waals surface area contributed by atoms with E-state index in [1.54, 1.807) is 11.1 Å². The average molecular weight is 442 g/mol. The van der Waals surface area contributed by atoms with Gasteiger partial charge in [-0.15, -0.1) is 0 Å². The van der Waals surface area contributed by atoms with Gasteiger partial charge in [-0.05, 0) is 12.8 Å². The van der Waals surface area contributed by atoms with Crippen LogP contribution in [0.2, 0.25) is 0 Å². The third-order valence-corrected chi connectivity index (χ3v) is 6.52. The number of aromatic nitrogens is 3. The Bertz CT molecular complexity index is 1040. The van der Waals surface area contributed by atoms with Crippen LogP contribution in [0, 0.1) is 17.7 Å². The van der Waals surface area contributed by atoms with E-state index < -0.39 is 5.82 Å². The van der Waals surface area contributed by atoms with E-state index in [1.165, 1.54) is 13.2 Å². The zero-order chi connectivity index (χ0) is 22.2. The number of rotatable bonds is 5. The smallest absolute Gasteiger partial charge is 0.250 e. The molecule has 0 bridgehead atoms. The van der Waals surface area contributed by atoms with Gasteiger partial charge in [0.25, 0.3) is 0 Å². The molecule has 0 radical (unpaired) electrons. The van der Waals surface area contributed by atoms with Gasteiger partial charge in [-0.25, -0.2) is 9.37 Å². The molecule has 2 saturated heterocycles. The van der Waals surface area contributed by atoms with Crippen LogP contribution in [-0.2, 0) is 16.1 Å². The number of methoxy groups -OCH3 is 1. The molecule has 5 heterocycles. The van der Waals surface area contributed by atoms with Crippen molar-refractivity contribution in [1.29, 1.82) is 0 Å². The summed E-state index contributed by atoms with van der Waals surface area (Å²) in [6.45, 7) is 2.74. The lowest BCUT2D eigenvalue weighted by Gasteiger charge is -2.25. The molecule has 1 amide bonds. The molecule has 3 aliphatic rings. The minimum Gasteiger partial charge on any atom is -0.479 e. The van der Waals surface area contributed by atoms with Gasteiger partial charge in [-0.2, -0.15) is 10.2 Å². The van der Waals surface area contributed by atoms with Gasteiger partial charge < -0.3 is 14.4 Å².